The molecule has 2 rings (SSSR count). The van der Waals surface area contributed by atoms with Crippen molar-refractivity contribution >= 4 is 27.5 Å². The molecule has 5 heteroatoms. The molecule has 106 valence electrons. The molecule has 1 unspecified atom stereocenters. The molecule has 0 heterocycles. The second-order valence-corrected chi connectivity index (χ2v) is 5.65. The third-order valence-corrected chi connectivity index (χ3v) is 3.78. The highest BCUT2D eigenvalue weighted by atomic mass is 79.9. The average molecular weight is 361 g/mol. The van der Waals surface area contributed by atoms with E-state index in [0.717, 1.165) is 16.1 Å². The van der Waals surface area contributed by atoms with E-state index in [9.17, 15) is 8.78 Å². The van der Waals surface area contributed by atoms with Gasteiger partial charge in [0.05, 0.1) is 6.04 Å². The Bertz CT molecular complexity index is 567. The van der Waals surface area contributed by atoms with Crippen LogP contribution in [0.15, 0.2) is 40.9 Å². The van der Waals surface area contributed by atoms with Gasteiger partial charge in [0.15, 0.2) is 0 Å². The Morgan fingerprint density at radius 2 is 1.85 bits per heavy atom. The van der Waals surface area contributed by atoms with Crippen molar-refractivity contribution in [2.24, 2.45) is 0 Å². The van der Waals surface area contributed by atoms with Gasteiger partial charge >= 0.3 is 0 Å². The Morgan fingerprint density at radius 1 is 1.15 bits per heavy atom. The van der Waals surface area contributed by atoms with E-state index in [1.54, 1.807) is 6.07 Å². The van der Waals surface area contributed by atoms with Crippen molar-refractivity contribution in [3.05, 3.63) is 68.7 Å². The standard InChI is InChI=1S/C15H13BrClF2N/c1-2-20-15(11-5-3-9(16)7-13(11)17)12-6-4-10(18)8-14(12)19/h3-8,15,20H,2H2,1H3. The molecule has 1 atom stereocenters. The highest BCUT2D eigenvalue weighted by Gasteiger charge is 2.20. The van der Waals surface area contributed by atoms with Gasteiger partial charge in [-0.15, -0.1) is 0 Å². The molecule has 20 heavy (non-hydrogen) atoms. The predicted molar refractivity (Wildman–Crippen MR) is 81.0 cm³/mol. The van der Waals surface area contributed by atoms with Gasteiger partial charge in [-0.3, -0.25) is 0 Å². The first kappa shape index (κ1) is 15.4. The number of benzene rings is 2. The van der Waals surface area contributed by atoms with E-state index in [-0.39, 0.29) is 0 Å². The van der Waals surface area contributed by atoms with Gasteiger partial charge < -0.3 is 5.32 Å². The summed E-state index contributed by atoms with van der Waals surface area (Å²) in [5.41, 5.74) is 1.12. The van der Waals surface area contributed by atoms with Crippen LogP contribution in [-0.4, -0.2) is 6.54 Å². The van der Waals surface area contributed by atoms with E-state index in [1.807, 2.05) is 19.1 Å². The highest BCUT2D eigenvalue weighted by Crippen LogP contribution is 2.31. The van der Waals surface area contributed by atoms with E-state index in [2.05, 4.69) is 21.2 Å². The maximum atomic E-state index is 14.0. The molecule has 0 saturated heterocycles. The quantitative estimate of drug-likeness (QED) is 0.802. The second-order valence-electron chi connectivity index (χ2n) is 4.32. The van der Waals surface area contributed by atoms with Crippen molar-refractivity contribution < 1.29 is 8.78 Å². The lowest BCUT2D eigenvalue weighted by Crippen LogP contribution is -2.23. The molecule has 0 aliphatic heterocycles. The molecule has 0 aromatic heterocycles. The molecule has 0 radical (unpaired) electrons. The molecule has 0 bridgehead atoms. The van der Waals surface area contributed by atoms with Gasteiger partial charge in [0.25, 0.3) is 0 Å². The normalized spacial score (nSPS) is 12.4. The minimum atomic E-state index is -0.594. The fourth-order valence-corrected chi connectivity index (χ4v) is 2.85. The van der Waals surface area contributed by atoms with Gasteiger partial charge in [0.1, 0.15) is 11.6 Å². The van der Waals surface area contributed by atoms with E-state index in [1.165, 1.54) is 12.1 Å². The molecule has 0 fully saturated rings. The Kier molecular flexibility index (Phi) is 5.13. The van der Waals surface area contributed by atoms with Crippen molar-refractivity contribution in [2.75, 3.05) is 6.54 Å². The Balaban J connectivity index is 2.50. The van der Waals surface area contributed by atoms with E-state index in [4.69, 9.17) is 11.6 Å². The van der Waals surface area contributed by atoms with E-state index >= 15 is 0 Å². The summed E-state index contributed by atoms with van der Waals surface area (Å²) in [7, 11) is 0. The fourth-order valence-electron chi connectivity index (χ4n) is 2.06. The Morgan fingerprint density at radius 3 is 2.45 bits per heavy atom. The summed E-state index contributed by atoms with van der Waals surface area (Å²) < 4.78 is 27.9. The van der Waals surface area contributed by atoms with Gasteiger partial charge in [0, 0.05) is 21.1 Å². The van der Waals surface area contributed by atoms with Crippen molar-refractivity contribution in [1.29, 1.82) is 0 Å². The summed E-state index contributed by atoms with van der Waals surface area (Å²) in [6.45, 7) is 2.55. The maximum Gasteiger partial charge on any atom is 0.131 e. The van der Waals surface area contributed by atoms with Crippen molar-refractivity contribution in [3.63, 3.8) is 0 Å². The molecule has 1 nitrogen and oxygen atoms in total. The zero-order valence-electron chi connectivity index (χ0n) is 10.8. The number of rotatable bonds is 4. The highest BCUT2D eigenvalue weighted by molar-refractivity contribution is 9.10. The van der Waals surface area contributed by atoms with Crippen molar-refractivity contribution in [1.82, 2.24) is 5.32 Å². The number of halogens is 4. The maximum absolute atomic E-state index is 14.0. The van der Waals surface area contributed by atoms with E-state index in [0.29, 0.717) is 17.1 Å². The molecule has 0 aliphatic carbocycles. The molecule has 0 saturated carbocycles. The van der Waals surface area contributed by atoms with E-state index < -0.39 is 17.7 Å². The van der Waals surface area contributed by atoms with Crippen LogP contribution in [0.4, 0.5) is 8.78 Å². The summed E-state index contributed by atoms with van der Waals surface area (Å²) in [5, 5.41) is 3.70. The molecule has 1 N–H and O–H groups in total. The van der Waals surface area contributed by atoms with Gasteiger partial charge in [-0.1, -0.05) is 46.6 Å². The zero-order valence-corrected chi connectivity index (χ0v) is 13.1. The summed E-state index contributed by atoms with van der Waals surface area (Å²) in [4.78, 5) is 0. The molecule has 0 amide bonds. The number of hydrogen-bond acceptors (Lipinski definition) is 1. The number of hydrogen-bond donors (Lipinski definition) is 1. The smallest absolute Gasteiger partial charge is 0.131 e. The van der Waals surface area contributed by atoms with Gasteiger partial charge in [-0.05, 0) is 30.3 Å². The van der Waals surface area contributed by atoms with Crippen LogP contribution in [0.1, 0.15) is 24.1 Å². The summed E-state index contributed by atoms with van der Waals surface area (Å²) in [6, 6.07) is 8.57. The second kappa shape index (κ2) is 6.66. The van der Waals surface area contributed by atoms with Crippen LogP contribution >= 0.6 is 27.5 Å². The topological polar surface area (TPSA) is 12.0 Å². The Hall–Kier alpha value is -0.970. The fraction of sp³-hybridized carbons (Fsp3) is 0.200. The van der Waals surface area contributed by atoms with Crippen molar-refractivity contribution in [2.45, 2.75) is 13.0 Å². The van der Waals surface area contributed by atoms with Crippen LogP contribution < -0.4 is 5.32 Å². The molecule has 2 aromatic rings. The SMILES string of the molecule is CCNC(c1ccc(F)cc1F)c1ccc(Br)cc1Cl. The lowest BCUT2D eigenvalue weighted by molar-refractivity contribution is 0.541. The first-order chi connectivity index (χ1) is 9.52. The van der Waals surface area contributed by atoms with Crippen LogP contribution in [0.25, 0.3) is 0 Å². The Labute approximate surface area is 130 Å². The molecule has 0 spiro atoms. The molecule has 0 aliphatic rings. The summed E-state index contributed by atoms with van der Waals surface area (Å²) in [6.07, 6.45) is 0. The molecule has 2 aromatic carbocycles. The van der Waals surface area contributed by atoms with Crippen LogP contribution in [0.2, 0.25) is 5.02 Å². The largest absolute Gasteiger partial charge is 0.306 e. The van der Waals surface area contributed by atoms with Crippen LogP contribution in [0.5, 0.6) is 0 Å². The summed E-state index contributed by atoms with van der Waals surface area (Å²) in [5.74, 6) is -1.18. The monoisotopic (exact) mass is 359 g/mol. The van der Waals surface area contributed by atoms with Crippen LogP contribution in [-0.2, 0) is 0 Å². The van der Waals surface area contributed by atoms with Gasteiger partial charge in [-0.25, -0.2) is 8.78 Å². The predicted octanol–water partition coefficient (Wildman–Crippen LogP) is 5.08. The lowest BCUT2D eigenvalue weighted by Gasteiger charge is -2.21. The minimum absolute atomic E-state index is 0.373. The van der Waals surface area contributed by atoms with Gasteiger partial charge in [-0.2, -0.15) is 0 Å². The third kappa shape index (κ3) is 3.37. The van der Waals surface area contributed by atoms with Crippen LogP contribution in [0, 0.1) is 11.6 Å². The molecular formula is C15H13BrClF2N. The summed E-state index contributed by atoms with van der Waals surface area (Å²) >= 11 is 9.56. The number of nitrogens with one attached hydrogen (secondary N) is 1. The molecular weight excluding hydrogens is 348 g/mol. The van der Waals surface area contributed by atoms with Crippen molar-refractivity contribution in [3.8, 4) is 0 Å². The first-order valence-corrected chi connectivity index (χ1v) is 7.33. The van der Waals surface area contributed by atoms with Crippen LogP contribution in [0.3, 0.4) is 0 Å². The minimum Gasteiger partial charge on any atom is -0.306 e. The lowest BCUT2D eigenvalue weighted by atomic mass is 9.98. The average Bonchev–Trinajstić information content (AvgIpc) is 2.37. The zero-order chi connectivity index (χ0) is 14.7. The first-order valence-electron chi connectivity index (χ1n) is 6.16. The third-order valence-electron chi connectivity index (χ3n) is 2.96. The van der Waals surface area contributed by atoms with Gasteiger partial charge in [0.2, 0.25) is 0 Å².